The van der Waals surface area contributed by atoms with E-state index < -0.39 is 5.60 Å². The molecule has 0 bridgehead atoms. The lowest BCUT2D eigenvalue weighted by Crippen LogP contribution is -2.45. The largest absolute Gasteiger partial charge is 0.351 e. The summed E-state index contributed by atoms with van der Waals surface area (Å²) in [6, 6.07) is 6.91. The van der Waals surface area contributed by atoms with Crippen LogP contribution in [0.15, 0.2) is 48.4 Å². The van der Waals surface area contributed by atoms with E-state index in [0.29, 0.717) is 31.7 Å². The number of pyridine rings is 2. The molecule has 0 atom stereocenters. The van der Waals surface area contributed by atoms with Crippen molar-refractivity contribution in [1.82, 2.24) is 15.4 Å². The standard InChI is InChI=1S/C20H19N5O3/c1-15-4-7-18(25(26)27)19(22-15)24-11-8-20(9-12-24)13-17(23-28-20)6-5-16-3-2-10-21-14-16/h2-4,7,10,13-14,23H,8-9,11-12H2,1H3. The molecule has 0 aliphatic carbocycles. The fourth-order valence-corrected chi connectivity index (χ4v) is 3.37. The van der Waals surface area contributed by atoms with Gasteiger partial charge in [0.05, 0.1) is 4.92 Å². The number of piperidine rings is 1. The number of aryl methyl sites for hydroxylation is 1. The number of aromatic nitrogens is 2. The van der Waals surface area contributed by atoms with Gasteiger partial charge in [0.15, 0.2) is 0 Å². The maximum atomic E-state index is 11.3. The minimum absolute atomic E-state index is 0.0329. The van der Waals surface area contributed by atoms with Gasteiger partial charge in [-0.05, 0) is 37.1 Å². The molecule has 2 aliphatic heterocycles. The van der Waals surface area contributed by atoms with Gasteiger partial charge in [0.1, 0.15) is 11.3 Å². The van der Waals surface area contributed by atoms with Crippen LogP contribution in [0.1, 0.15) is 24.1 Å². The summed E-state index contributed by atoms with van der Waals surface area (Å²) in [5.74, 6) is 6.54. The van der Waals surface area contributed by atoms with E-state index in [9.17, 15) is 10.1 Å². The van der Waals surface area contributed by atoms with Gasteiger partial charge in [0.2, 0.25) is 5.82 Å². The maximum absolute atomic E-state index is 11.3. The van der Waals surface area contributed by atoms with Crippen LogP contribution >= 0.6 is 0 Å². The van der Waals surface area contributed by atoms with Gasteiger partial charge in [-0.15, -0.1) is 0 Å². The van der Waals surface area contributed by atoms with Crippen LogP contribution in [0.25, 0.3) is 0 Å². The molecular weight excluding hydrogens is 358 g/mol. The molecule has 0 radical (unpaired) electrons. The summed E-state index contributed by atoms with van der Waals surface area (Å²) < 4.78 is 0. The van der Waals surface area contributed by atoms with Gasteiger partial charge in [0, 0.05) is 55.6 Å². The quantitative estimate of drug-likeness (QED) is 0.488. The Hall–Kier alpha value is -3.44. The SMILES string of the molecule is Cc1ccc([N+](=O)[O-])c(N2CCC3(C=C(C#Cc4cccnc4)NO3)CC2)n1. The molecule has 28 heavy (non-hydrogen) atoms. The number of anilines is 1. The summed E-state index contributed by atoms with van der Waals surface area (Å²) in [5, 5.41) is 11.3. The third-order valence-corrected chi connectivity index (χ3v) is 4.87. The lowest BCUT2D eigenvalue weighted by molar-refractivity contribution is -0.384. The topological polar surface area (TPSA) is 93.4 Å². The van der Waals surface area contributed by atoms with Crippen molar-refractivity contribution in [3.8, 4) is 11.8 Å². The first-order chi connectivity index (χ1) is 13.5. The number of rotatable bonds is 2. The van der Waals surface area contributed by atoms with E-state index in [1.807, 2.05) is 30.0 Å². The summed E-state index contributed by atoms with van der Waals surface area (Å²) in [4.78, 5) is 27.2. The van der Waals surface area contributed by atoms with Crippen molar-refractivity contribution >= 4 is 11.5 Å². The average Bonchev–Trinajstić information content (AvgIpc) is 3.10. The zero-order chi connectivity index (χ0) is 19.6. The summed E-state index contributed by atoms with van der Waals surface area (Å²) >= 11 is 0. The van der Waals surface area contributed by atoms with E-state index in [1.165, 1.54) is 6.07 Å². The molecule has 0 unspecified atom stereocenters. The molecule has 8 nitrogen and oxygen atoms in total. The summed E-state index contributed by atoms with van der Waals surface area (Å²) in [7, 11) is 0. The third kappa shape index (κ3) is 3.66. The summed E-state index contributed by atoms with van der Waals surface area (Å²) in [6.45, 7) is 3.05. The molecule has 2 aromatic heterocycles. The number of allylic oxidation sites excluding steroid dienone is 1. The van der Waals surface area contributed by atoms with Crippen LogP contribution in [0.3, 0.4) is 0 Å². The number of nitrogens with one attached hydrogen (secondary N) is 1. The Bertz CT molecular complexity index is 986. The zero-order valence-corrected chi connectivity index (χ0v) is 15.4. The van der Waals surface area contributed by atoms with Gasteiger partial charge in [-0.1, -0.05) is 5.92 Å². The first-order valence-electron chi connectivity index (χ1n) is 9.01. The Kier molecular flexibility index (Phi) is 4.67. The number of hydrogen-bond acceptors (Lipinski definition) is 7. The second kappa shape index (κ2) is 7.29. The minimum atomic E-state index is -0.450. The molecule has 1 fully saturated rings. The van der Waals surface area contributed by atoms with Gasteiger partial charge >= 0.3 is 5.69 Å². The summed E-state index contributed by atoms with van der Waals surface area (Å²) in [5.41, 5.74) is 4.80. The monoisotopic (exact) mass is 377 g/mol. The molecule has 1 N–H and O–H groups in total. The van der Waals surface area contributed by atoms with Gasteiger partial charge < -0.3 is 4.90 Å². The lowest BCUT2D eigenvalue weighted by Gasteiger charge is -2.36. The van der Waals surface area contributed by atoms with Crippen LogP contribution in [0.5, 0.6) is 0 Å². The molecule has 1 spiro atoms. The van der Waals surface area contributed by atoms with Crippen molar-refractivity contribution in [2.24, 2.45) is 0 Å². The van der Waals surface area contributed by atoms with E-state index in [2.05, 4.69) is 27.3 Å². The molecule has 8 heteroatoms. The van der Waals surface area contributed by atoms with E-state index in [0.717, 1.165) is 17.0 Å². The normalized spacial score (nSPS) is 17.5. The van der Waals surface area contributed by atoms with Gasteiger partial charge in [0.25, 0.3) is 0 Å². The number of nitro groups is 1. The van der Waals surface area contributed by atoms with E-state index in [1.54, 1.807) is 18.5 Å². The lowest BCUT2D eigenvalue weighted by atomic mass is 9.91. The van der Waals surface area contributed by atoms with Gasteiger partial charge in [-0.2, -0.15) is 0 Å². The van der Waals surface area contributed by atoms with Crippen molar-refractivity contribution < 1.29 is 9.76 Å². The zero-order valence-electron chi connectivity index (χ0n) is 15.4. The van der Waals surface area contributed by atoms with Crippen LogP contribution in [0, 0.1) is 28.9 Å². The van der Waals surface area contributed by atoms with Crippen molar-refractivity contribution in [2.45, 2.75) is 25.4 Å². The Morgan fingerprint density at radius 2 is 2.11 bits per heavy atom. The molecule has 2 aliphatic rings. The van der Waals surface area contributed by atoms with Crippen molar-refractivity contribution in [1.29, 1.82) is 0 Å². The molecule has 0 amide bonds. The second-order valence-electron chi connectivity index (χ2n) is 6.86. The number of hydroxylamine groups is 1. The number of nitrogens with zero attached hydrogens (tertiary/aromatic N) is 4. The van der Waals surface area contributed by atoms with Crippen LogP contribution in [0.2, 0.25) is 0 Å². The van der Waals surface area contributed by atoms with Crippen molar-refractivity contribution in [3.05, 3.63) is 69.8 Å². The van der Waals surface area contributed by atoms with Crippen molar-refractivity contribution in [3.63, 3.8) is 0 Å². The van der Waals surface area contributed by atoms with Crippen molar-refractivity contribution in [2.75, 3.05) is 18.0 Å². The Morgan fingerprint density at radius 3 is 2.82 bits per heavy atom. The highest BCUT2D eigenvalue weighted by atomic mass is 16.7. The predicted octanol–water partition coefficient (Wildman–Crippen LogP) is 2.50. The minimum Gasteiger partial charge on any atom is -0.351 e. The highest BCUT2D eigenvalue weighted by Gasteiger charge is 2.39. The third-order valence-electron chi connectivity index (χ3n) is 4.87. The fourth-order valence-electron chi connectivity index (χ4n) is 3.37. The highest BCUT2D eigenvalue weighted by Crippen LogP contribution is 2.35. The Morgan fingerprint density at radius 1 is 1.29 bits per heavy atom. The van der Waals surface area contributed by atoms with Gasteiger partial charge in [-0.3, -0.25) is 25.4 Å². The fraction of sp³-hybridized carbons (Fsp3) is 0.300. The smallest absolute Gasteiger partial charge is 0.311 e. The average molecular weight is 377 g/mol. The van der Waals surface area contributed by atoms with Crippen LogP contribution in [-0.4, -0.2) is 33.6 Å². The van der Waals surface area contributed by atoms with Crippen LogP contribution in [-0.2, 0) is 4.84 Å². The highest BCUT2D eigenvalue weighted by molar-refractivity contribution is 5.58. The van der Waals surface area contributed by atoms with Crippen LogP contribution in [0.4, 0.5) is 11.5 Å². The molecule has 2 aromatic rings. The Balaban J connectivity index is 1.48. The van der Waals surface area contributed by atoms with E-state index in [4.69, 9.17) is 4.84 Å². The number of hydrogen-bond donors (Lipinski definition) is 1. The molecule has 4 rings (SSSR count). The predicted molar refractivity (Wildman–Crippen MR) is 103 cm³/mol. The molecular formula is C20H19N5O3. The molecule has 4 heterocycles. The Labute approximate surface area is 162 Å². The van der Waals surface area contributed by atoms with Gasteiger partial charge in [-0.25, -0.2) is 4.98 Å². The molecule has 142 valence electrons. The maximum Gasteiger partial charge on any atom is 0.311 e. The summed E-state index contributed by atoms with van der Waals surface area (Å²) in [6.07, 6.45) is 6.79. The first-order valence-corrected chi connectivity index (χ1v) is 9.01. The molecule has 0 aromatic carbocycles. The van der Waals surface area contributed by atoms with E-state index in [-0.39, 0.29) is 10.6 Å². The molecule has 0 saturated carbocycles. The second-order valence-corrected chi connectivity index (χ2v) is 6.86. The van der Waals surface area contributed by atoms with E-state index >= 15 is 0 Å². The van der Waals surface area contributed by atoms with Crippen LogP contribution < -0.4 is 10.4 Å². The molecule has 1 saturated heterocycles. The first kappa shape index (κ1) is 17.9.